The van der Waals surface area contributed by atoms with E-state index in [1.54, 1.807) is 0 Å². The molecule has 4 aromatic rings. The summed E-state index contributed by atoms with van der Waals surface area (Å²) in [7, 11) is -4.64. The molecule has 4 heterocycles. The SMILES string of the molecule is O=P(O)(O)O.c1cc[nH]c1.c1cc[nH]c1.c1cc[nH]c1.c1cc[nH]c1. The summed E-state index contributed by atoms with van der Waals surface area (Å²) in [5.74, 6) is 0. The smallest absolute Gasteiger partial charge is 0.368 e. The largest absolute Gasteiger partial charge is 0.466 e. The molecule has 0 fully saturated rings. The number of phosphoric acid groups is 1. The highest BCUT2D eigenvalue weighted by Gasteiger charge is 2.00. The quantitative estimate of drug-likeness (QED) is 0.240. The van der Waals surface area contributed by atoms with Crippen LogP contribution in [0.3, 0.4) is 0 Å². The van der Waals surface area contributed by atoms with Gasteiger partial charge in [-0.25, -0.2) is 4.57 Å². The second-order valence-electron chi connectivity index (χ2n) is 4.05. The Bertz CT molecular complexity index is 493. The average molecular weight is 366 g/mol. The normalized spacial score (nSPS) is 8.76. The molecule has 0 bridgehead atoms. The molecule has 8 nitrogen and oxygen atoms in total. The molecule has 0 amide bonds. The van der Waals surface area contributed by atoms with Gasteiger partial charge in [-0.05, 0) is 48.5 Å². The summed E-state index contributed by atoms with van der Waals surface area (Å²) in [6.45, 7) is 0. The van der Waals surface area contributed by atoms with Crippen molar-refractivity contribution < 1.29 is 19.2 Å². The lowest BCUT2D eigenvalue weighted by molar-refractivity contribution is 0.275. The molecule has 0 spiro atoms. The predicted molar refractivity (Wildman–Crippen MR) is 97.4 cm³/mol. The van der Waals surface area contributed by atoms with Crippen molar-refractivity contribution >= 4 is 7.82 Å². The Kier molecular flexibility index (Phi) is 14.3. The standard InChI is InChI=1S/4C4H5N.H3O4P/c4*1-2-4-5-3-1;1-5(2,3)4/h4*1-5H;(H3,1,2,3,4). The third-order valence-corrected chi connectivity index (χ3v) is 1.98. The van der Waals surface area contributed by atoms with Crippen LogP contribution in [0.1, 0.15) is 0 Å². The Morgan fingerprint density at radius 2 is 0.560 bits per heavy atom. The van der Waals surface area contributed by atoms with Gasteiger partial charge >= 0.3 is 7.82 Å². The molecule has 0 radical (unpaired) electrons. The maximum absolute atomic E-state index is 8.88. The van der Waals surface area contributed by atoms with E-state index in [0.29, 0.717) is 0 Å². The van der Waals surface area contributed by atoms with Gasteiger partial charge < -0.3 is 34.6 Å². The number of aromatic nitrogens is 4. The van der Waals surface area contributed by atoms with Gasteiger partial charge in [-0.3, -0.25) is 0 Å². The van der Waals surface area contributed by atoms with Gasteiger partial charge in [-0.1, -0.05) is 0 Å². The second-order valence-corrected chi connectivity index (χ2v) is 5.08. The monoisotopic (exact) mass is 366 g/mol. The van der Waals surface area contributed by atoms with Crippen LogP contribution in [0.25, 0.3) is 0 Å². The van der Waals surface area contributed by atoms with E-state index in [1.807, 2.05) is 98.1 Å². The van der Waals surface area contributed by atoms with Gasteiger partial charge in [0.15, 0.2) is 0 Å². The fourth-order valence-corrected chi connectivity index (χ4v) is 1.11. The Hall–Kier alpha value is -2.77. The minimum absolute atomic E-state index is 1.88. The fraction of sp³-hybridized carbons (Fsp3) is 0. The highest BCUT2D eigenvalue weighted by Crippen LogP contribution is 2.25. The van der Waals surface area contributed by atoms with Crippen LogP contribution in [-0.4, -0.2) is 34.6 Å². The van der Waals surface area contributed by atoms with E-state index >= 15 is 0 Å². The van der Waals surface area contributed by atoms with Crippen LogP contribution in [0.2, 0.25) is 0 Å². The summed E-state index contributed by atoms with van der Waals surface area (Å²) < 4.78 is 8.88. The number of aromatic amines is 4. The van der Waals surface area contributed by atoms with Gasteiger partial charge in [-0.15, -0.1) is 0 Å². The highest BCUT2D eigenvalue weighted by atomic mass is 31.2. The molecule has 0 atom stereocenters. The molecule has 0 aliphatic carbocycles. The van der Waals surface area contributed by atoms with E-state index < -0.39 is 7.82 Å². The Morgan fingerprint density at radius 3 is 0.600 bits per heavy atom. The highest BCUT2D eigenvalue weighted by molar-refractivity contribution is 7.45. The van der Waals surface area contributed by atoms with Gasteiger partial charge in [0.1, 0.15) is 0 Å². The predicted octanol–water partition coefficient (Wildman–Crippen LogP) is 3.13. The van der Waals surface area contributed by atoms with Crippen molar-refractivity contribution in [3.05, 3.63) is 98.1 Å². The topological polar surface area (TPSA) is 141 Å². The third kappa shape index (κ3) is 26.4. The Morgan fingerprint density at radius 1 is 0.440 bits per heavy atom. The van der Waals surface area contributed by atoms with Crippen LogP contribution >= 0.6 is 7.82 Å². The minimum atomic E-state index is -4.64. The molecule has 0 aliphatic heterocycles. The summed E-state index contributed by atoms with van der Waals surface area (Å²) in [4.78, 5) is 33.0. The fourth-order valence-electron chi connectivity index (χ4n) is 1.11. The van der Waals surface area contributed by atoms with Gasteiger partial charge in [0, 0.05) is 49.6 Å². The van der Waals surface area contributed by atoms with Crippen molar-refractivity contribution in [1.82, 2.24) is 19.9 Å². The molecule has 0 aromatic carbocycles. The molecule has 0 unspecified atom stereocenters. The zero-order valence-electron chi connectivity index (χ0n) is 13.4. The molecule has 9 heteroatoms. The molecular formula is C16H23N4O4P. The molecule has 4 rings (SSSR count). The van der Waals surface area contributed by atoms with Crippen LogP contribution in [0.5, 0.6) is 0 Å². The molecule has 25 heavy (non-hydrogen) atoms. The van der Waals surface area contributed by atoms with Crippen molar-refractivity contribution in [3.8, 4) is 0 Å². The van der Waals surface area contributed by atoms with Gasteiger partial charge in [0.05, 0.1) is 0 Å². The van der Waals surface area contributed by atoms with E-state index in [0.717, 1.165) is 0 Å². The van der Waals surface area contributed by atoms with Crippen LogP contribution in [0.4, 0.5) is 0 Å². The van der Waals surface area contributed by atoms with E-state index in [4.69, 9.17) is 19.2 Å². The Labute approximate surface area is 145 Å². The van der Waals surface area contributed by atoms with Crippen LogP contribution < -0.4 is 0 Å². The molecule has 4 aromatic heterocycles. The van der Waals surface area contributed by atoms with Crippen LogP contribution in [0, 0.1) is 0 Å². The van der Waals surface area contributed by atoms with Crippen molar-refractivity contribution in [2.24, 2.45) is 0 Å². The van der Waals surface area contributed by atoms with E-state index in [9.17, 15) is 0 Å². The van der Waals surface area contributed by atoms with Crippen molar-refractivity contribution in [2.75, 3.05) is 0 Å². The number of hydrogen-bond acceptors (Lipinski definition) is 1. The van der Waals surface area contributed by atoms with Gasteiger partial charge in [0.2, 0.25) is 0 Å². The third-order valence-electron chi connectivity index (χ3n) is 1.98. The first kappa shape index (κ1) is 22.2. The first-order chi connectivity index (χ1) is 12.0. The molecular weight excluding hydrogens is 343 g/mol. The number of rotatable bonds is 0. The van der Waals surface area contributed by atoms with Gasteiger partial charge in [-0.2, -0.15) is 0 Å². The molecule has 0 saturated heterocycles. The summed E-state index contributed by atoms with van der Waals surface area (Å²) >= 11 is 0. The zero-order chi connectivity index (χ0) is 18.6. The second kappa shape index (κ2) is 16.1. The lowest BCUT2D eigenvalue weighted by atomic mass is 10.7. The Balaban J connectivity index is 0.000000288. The number of H-pyrrole nitrogens is 4. The van der Waals surface area contributed by atoms with Crippen LogP contribution in [-0.2, 0) is 4.57 Å². The van der Waals surface area contributed by atoms with Crippen molar-refractivity contribution in [2.45, 2.75) is 0 Å². The van der Waals surface area contributed by atoms with Crippen molar-refractivity contribution in [1.29, 1.82) is 0 Å². The zero-order valence-corrected chi connectivity index (χ0v) is 14.3. The van der Waals surface area contributed by atoms with Crippen molar-refractivity contribution in [3.63, 3.8) is 0 Å². The first-order valence-electron chi connectivity index (χ1n) is 7.09. The van der Waals surface area contributed by atoms with Gasteiger partial charge in [0.25, 0.3) is 0 Å². The maximum Gasteiger partial charge on any atom is 0.466 e. The summed E-state index contributed by atoms with van der Waals surface area (Å²) in [5.41, 5.74) is 0. The lowest BCUT2D eigenvalue weighted by Crippen LogP contribution is -1.66. The molecule has 0 aliphatic rings. The molecule has 136 valence electrons. The van der Waals surface area contributed by atoms with E-state index in [2.05, 4.69) is 19.9 Å². The summed E-state index contributed by atoms with van der Waals surface area (Å²) in [5, 5.41) is 0. The lowest BCUT2D eigenvalue weighted by Gasteiger charge is -1.82. The van der Waals surface area contributed by atoms with E-state index in [-0.39, 0.29) is 0 Å². The summed E-state index contributed by atoms with van der Waals surface area (Å²) in [6, 6.07) is 15.6. The number of hydrogen-bond donors (Lipinski definition) is 7. The average Bonchev–Trinajstić information content (AvgIpc) is 3.46. The summed E-state index contributed by atoms with van der Waals surface area (Å²) in [6.07, 6.45) is 15.0. The first-order valence-corrected chi connectivity index (χ1v) is 8.66. The number of nitrogens with one attached hydrogen (secondary N) is 4. The molecule has 7 N–H and O–H groups in total. The molecule has 0 saturated carbocycles. The van der Waals surface area contributed by atoms with E-state index in [1.165, 1.54) is 0 Å². The minimum Gasteiger partial charge on any atom is -0.368 e. The maximum atomic E-state index is 8.88. The van der Waals surface area contributed by atoms with Crippen LogP contribution in [0.15, 0.2) is 98.1 Å².